The number of hydrogen-bond acceptors (Lipinski definition) is 4. The molecule has 1 aliphatic heterocycles. The summed E-state index contributed by atoms with van der Waals surface area (Å²) in [5.41, 5.74) is 2.57. The van der Waals surface area contributed by atoms with E-state index in [1.807, 2.05) is 24.3 Å². The molecule has 0 saturated carbocycles. The van der Waals surface area contributed by atoms with Crippen molar-refractivity contribution in [1.29, 1.82) is 0 Å². The number of aryl methyl sites for hydroxylation is 1. The van der Waals surface area contributed by atoms with E-state index in [9.17, 15) is 4.79 Å². The monoisotopic (exact) mass is 276 g/mol. The lowest BCUT2D eigenvalue weighted by Crippen LogP contribution is -2.40. The van der Waals surface area contributed by atoms with Crippen LogP contribution in [0.5, 0.6) is 0 Å². The number of aromatic nitrogens is 3. The summed E-state index contributed by atoms with van der Waals surface area (Å²) in [5.74, 6) is 0.116. The largest absolute Gasteiger partial charge is 0.336 e. The lowest BCUT2D eigenvalue weighted by molar-refractivity contribution is 0.0683. The molecular formula is C13H16N4OS. The minimum atomic E-state index is 0.116. The molecule has 0 aliphatic carbocycles. The van der Waals surface area contributed by atoms with Gasteiger partial charge in [0.15, 0.2) is 0 Å². The third-order valence-corrected chi connectivity index (χ3v) is 4.49. The molecule has 1 fully saturated rings. The maximum Gasteiger partial charge on any atom is 0.265 e. The van der Waals surface area contributed by atoms with Crippen LogP contribution in [0.1, 0.15) is 34.2 Å². The Morgan fingerprint density at radius 1 is 1.53 bits per heavy atom. The predicted octanol–water partition coefficient (Wildman–Crippen LogP) is 2.13. The van der Waals surface area contributed by atoms with Crippen molar-refractivity contribution >= 4 is 17.2 Å². The molecular weight excluding hydrogens is 260 g/mol. The van der Waals surface area contributed by atoms with Crippen LogP contribution in [-0.4, -0.2) is 38.4 Å². The van der Waals surface area contributed by atoms with E-state index in [2.05, 4.69) is 14.5 Å². The van der Waals surface area contributed by atoms with Gasteiger partial charge in [0.1, 0.15) is 4.88 Å². The van der Waals surface area contributed by atoms with Crippen molar-refractivity contribution in [3.05, 3.63) is 34.8 Å². The number of hydrogen-bond donors (Lipinski definition) is 0. The van der Waals surface area contributed by atoms with Gasteiger partial charge in [-0.15, -0.1) is 11.3 Å². The van der Waals surface area contributed by atoms with E-state index < -0.39 is 0 Å². The standard InChI is InChI=1S/C13H16N4OS/c1-10-12(19-9-15-10)13(18)16-5-2-3-11(7-16)17-6-4-14-8-17/h4,6,8-9,11H,2-3,5,7H2,1H3. The third kappa shape index (κ3) is 2.40. The summed E-state index contributed by atoms with van der Waals surface area (Å²) in [7, 11) is 0. The zero-order chi connectivity index (χ0) is 13.2. The third-order valence-electron chi connectivity index (χ3n) is 3.57. The van der Waals surface area contributed by atoms with Gasteiger partial charge in [-0.1, -0.05) is 0 Å². The van der Waals surface area contributed by atoms with Crippen LogP contribution in [-0.2, 0) is 0 Å². The van der Waals surface area contributed by atoms with Gasteiger partial charge in [0.2, 0.25) is 0 Å². The first kappa shape index (κ1) is 12.3. The van der Waals surface area contributed by atoms with Crippen LogP contribution in [0.2, 0.25) is 0 Å². The highest BCUT2D eigenvalue weighted by Gasteiger charge is 2.26. The molecule has 0 bridgehead atoms. The highest BCUT2D eigenvalue weighted by atomic mass is 32.1. The number of nitrogens with zero attached hydrogens (tertiary/aromatic N) is 4. The van der Waals surface area contributed by atoms with Crippen LogP contribution in [0, 0.1) is 6.92 Å². The molecule has 1 aliphatic rings. The molecule has 3 heterocycles. The van der Waals surface area contributed by atoms with Crippen molar-refractivity contribution in [2.24, 2.45) is 0 Å². The van der Waals surface area contributed by atoms with Crippen molar-refractivity contribution in [2.45, 2.75) is 25.8 Å². The van der Waals surface area contributed by atoms with Crippen LogP contribution in [0.25, 0.3) is 0 Å². The molecule has 0 spiro atoms. The Balaban J connectivity index is 1.75. The highest BCUT2D eigenvalue weighted by molar-refractivity contribution is 7.11. The molecule has 6 heteroatoms. The Bertz CT molecular complexity index is 563. The molecule has 0 aromatic carbocycles. The SMILES string of the molecule is Cc1ncsc1C(=O)N1CCCC(n2ccnc2)C1. The maximum atomic E-state index is 12.5. The first-order chi connectivity index (χ1) is 9.25. The average molecular weight is 276 g/mol. The molecule has 2 aromatic heterocycles. The van der Waals surface area contributed by atoms with Crippen molar-refractivity contribution in [3.63, 3.8) is 0 Å². The van der Waals surface area contributed by atoms with Gasteiger partial charge in [-0.3, -0.25) is 4.79 Å². The fraction of sp³-hybridized carbons (Fsp3) is 0.462. The van der Waals surface area contributed by atoms with Crippen molar-refractivity contribution in [2.75, 3.05) is 13.1 Å². The molecule has 3 rings (SSSR count). The van der Waals surface area contributed by atoms with E-state index in [-0.39, 0.29) is 5.91 Å². The molecule has 0 radical (unpaired) electrons. The van der Waals surface area contributed by atoms with E-state index in [4.69, 9.17) is 0 Å². The molecule has 5 nitrogen and oxygen atoms in total. The van der Waals surface area contributed by atoms with E-state index >= 15 is 0 Å². The van der Waals surface area contributed by atoms with E-state index in [1.165, 1.54) is 11.3 Å². The molecule has 19 heavy (non-hydrogen) atoms. The Labute approximate surface area is 115 Å². The summed E-state index contributed by atoms with van der Waals surface area (Å²) in [6, 6.07) is 0.341. The summed E-state index contributed by atoms with van der Waals surface area (Å²) >= 11 is 1.43. The second-order valence-corrected chi connectivity index (χ2v) is 5.68. The van der Waals surface area contributed by atoms with Gasteiger partial charge in [-0.05, 0) is 19.8 Å². The van der Waals surface area contributed by atoms with Crippen LogP contribution in [0.3, 0.4) is 0 Å². The second kappa shape index (κ2) is 5.13. The summed E-state index contributed by atoms with van der Waals surface area (Å²) in [6.45, 7) is 3.48. The quantitative estimate of drug-likeness (QED) is 0.844. The smallest absolute Gasteiger partial charge is 0.265 e. The number of carbonyl (C=O) groups is 1. The second-order valence-electron chi connectivity index (χ2n) is 4.82. The molecule has 0 N–H and O–H groups in total. The van der Waals surface area contributed by atoms with Crippen LogP contribution in [0.4, 0.5) is 0 Å². The van der Waals surface area contributed by atoms with Gasteiger partial charge in [-0.2, -0.15) is 0 Å². The van der Waals surface area contributed by atoms with Crippen LogP contribution >= 0.6 is 11.3 Å². The Kier molecular flexibility index (Phi) is 3.33. The summed E-state index contributed by atoms with van der Waals surface area (Å²) in [4.78, 5) is 23.4. The summed E-state index contributed by atoms with van der Waals surface area (Å²) < 4.78 is 2.10. The van der Waals surface area contributed by atoms with Gasteiger partial charge in [0.25, 0.3) is 5.91 Å². The summed E-state index contributed by atoms with van der Waals surface area (Å²) in [5, 5.41) is 0. The highest BCUT2D eigenvalue weighted by Crippen LogP contribution is 2.24. The fourth-order valence-corrected chi connectivity index (χ4v) is 3.29. The van der Waals surface area contributed by atoms with Gasteiger partial charge in [-0.25, -0.2) is 9.97 Å². The molecule has 2 aromatic rings. The van der Waals surface area contributed by atoms with Gasteiger partial charge in [0, 0.05) is 25.5 Å². The lowest BCUT2D eigenvalue weighted by Gasteiger charge is -2.33. The molecule has 1 unspecified atom stereocenters. The van der Waals surface area contributed by atoms with E-state index in [0.717, 1.165) is 36.5 Å². The number of carbonyl (C=O) groups excluding carboxylic acids is 1. The Hall–Kier alpha value is -1.69. The molecule has 1 atom stereocenters. The lowest BCUT2D eigenvalue weighted by atomic mass is 10.1. The maximum absolute atomic E-state index is 12.5. The average Bonchev–Trinajstić information content (AvgIpc) is 3.09. The Morgan fingerprint density at radius 3 is 3.11 bits per heavy atom. The molecule has 1 amide bonds. The fourth-order valence-electron chi connectivity index (χ4n) is 2.52. The Morgan fingerprint density at radius 2 is 2.42 bits per heavy atom. The van der Waals surface area contributed by atoms with E-state index in [0.29, 0.717) is 6.04 Å². The van der Waals surface area contributed by atoms with Gasteiger partial charge in [0.05, 0.1) is 23.6 Å². The number of thiazole rings is 1. The van der Waals surface area contributed by atoms with Crippen LogP contribution < -0.4 is 0 Å². The van der Waals surface area contributed by atoms with Gasteiger partial charge < -0.3 is 9.47 Å². The van der Waals surface area contributed by atoms with Crippen molar-refractivity contribution in [3.8, 4) is 0 Å². The summed E-state index contributed by atoms with van der Waals surface area (Å²) in [6.07, 6.45) is 7.72. The zero-order valence-corrected chi connectivity index (χ0v) is 11.6. The first-order valence-corrected chi connectivity index (χ1v) is 7.30. The zero-order valence-electron chi connectivity index (χ0n) is 10.8. The number of imidazole rings is 1. The predicted molar refractivity (Wildman–Crippen MR) is 73.3 cm³/mol. The van der Waals surface area contributed by atoms with Crippen molar-refractivity contribution < 1.29 is 4.79 Å². The van der Waals surface area contributed by atoms with E-state index in [1.54, 1.807) is 11.7 Å². The van der Waals surface area contributed by atoms with Crippen molar-refractivity contribution in [1.82, 2.24) is 19.4 Å². The first-order valence-electron chi connectivity index (χ1n) is 6.42. The number of piperidine rings is 1. The molecule has 100 valence electrons. The normalized spacial score (nSPS) is 19.6. The molecule has 1 saturated heterocycles. The number of likely N-dealkylation sites (tertiary alicyclic amines) is 1. The minimum absolute atomic E-state index is 0.116. The van der Waals surface area contributed by atoms with Gasteiger partial charge >= 0.3 is 0 Å². The minimum Gasteiger partial charge on any atom is -0.336 e. The van der Waals surface area contributed by atoms with Crippen LogP contribution in [0.15, 0.2) is 24.2 Å². The number of rotatable bonds is 2. The number of amides is 1. The topological polar surface area (TPSA) is 51.0 Å².